The third-order valence-corrected chi connectivity index (χ3v) is 5.77. The third-order valence-electron chi connectivity index (χ3n) is 5.77. The lowest BCUT2D eigenvalue weighted by atomic mass is 9.77. The summed E-state index contributed by atoms with van der Waals surface area (Å²) >= 11 is 0. The molecule has 0 spiro atoms. The minimum Gasteiger partial charge on any atom is -0.185 e. The van der Waals surface area contributed by atoms with Gasteiger partial charge in [0.25, 0.3) is 0 Å². The number of hydrogen-bond donors (Lipinski definition) is 0. The van der Waals surface area contributed by atoms with Gasteiger partial charge in [0.05, 0.1) is 5.54 Å². The predicted molar refractivity (Wildman–Crippen MR) is 84.2 cm³/mol. The monoisotopic (exact) mass is 276 g/mol. The molecular formula is C19H20N2. The molecule has 0 radical (unpaired) electrons. The van der Waals surface area contributed by atoms with Crippen LogP contribution in [0.25, 0.3) is 0 Å². The molecule has 21 heavy (non-hydrogen) atoms. The maximum atomic E-state index is 4.83. The molecule has 2 heteroatoms. The maximum absolute atomic E-state index is 4.83. The number of azo groups is 1. The van der Waals surface area contributed by atoms with E-state index in [0.717, 1.165) is 0 Å². The summed E-state index contributed by atoms with van der Waals surface area (Å²) in [5.41, 5.74) is 2.30. The van der Waals surface area contributed by atoms with Crippen LogP contribution in [-0.4, -0.2) is 5.54 Å². The van der Waals surface area contributed by atoms with Crippen LogP contribution < -0.4 is 0 Å². The lowest BCUT2D eigenvalue weighted by Crippen LogP contribution is -2.29. The SMILES string of the molecule is CC1(C)C2C(c3ccccc3)(c3ccccc3)N=NC21C. The van der Waals surface area contributed by atoms with Crippen LogP contribution in [0, 0.1) is 11.3 Å². The van der Waals surface area contributed by atoms with E-state index in [2.05, 4.69) is 81.4 Å². The second-order valence-electron chi connectivity index (χ2n) is 7.00. The Bertz CT molecular complexity index is 663. The first-order valence-corrected chi connectivity index (χ1v) is 7.58. The van der Waals surface area contributed by atoms with Crippen molar-refractivity contribution in [2.45, 2.75) is 31.8 Å². The van der Waals surface area contributed by atoms with Gasteiger partial charge >= 0.3 is 0 Å². The minimum absolute atomic E-state index is 0.0430. The predicted octanol–water partition coefficient (Wildman–Crippen LogP) is 4.81. The van der Waals surface area contributed by atoms with E-state index >= 15 is 0 Å². The van der Waals surface area contributed by atoms with Crippen LogP contribution in [0.2, 0.25) is 0 Å². The summed E-state index contributed by atoms with van der Waals surface area (Å²) < 4.78 is 0. The summed E-state index contributed by atoms with van der Waals surface area (Å²) in [5.74, 6) is 0.419. The molecule has 0 aromatic heterocycles. The number of rotatable bonds is 2. The second-order valence-corrected chi connectivity index (χ2v) is 7.00. The van der Waals surface area contributed by atoms with Crippen molar-refractivity contribution in [2.24, 2.45) is 21.6 Å². The Morgan fingerprint density at radius 3 is 1.57 bits per heavy atom. The van der Waals surface area contributed by atoms with E-state index in [-0.39, 0.29) is 16.5 Å². The number of benzene rings is 2. The summed E-state index contributed by atoms with van der Waals surface area (Å²) in [4.78, 5) is 0. The van der Waals surface area contributed by atoms with E-state index in [1.54, 1.807) is 0 Å². The molecule has 2 atom stereocenters. The molecule has 106 valence electrons. The van der Waals surface area contributed by atoms with E-state index in [9.17, 15) is 0 Å². The largest absolute Gasteiger partial charge is 0.185 e. The highest BCUT2D eigenvalue weighted by atomic mass is 15.3. The first-order chi connectivity index (χ1) is 10.0. The molecule has 0 bridgehead atoms. The van der Waals surface area contributed by atoms with Gasteiger partial charge in [-0.3, -0.25) is 0 Å². The first kappa shape index (κ1) is 12.8. The second kappa shape index (κ2) is 3.82. The Morgan fingerprint density at radius 1 is 0.714 bits per heavy atom. The highest BCUT2D eigenvalue weighted by molar-refractivity contribution is 5.48. The summed E-state index contributed by atoms with van der Waals surface area (Å²) in [6.45, 7) is 6.88. The molecule has 2 nitrogen and oxygen atoms in total. The van der Waals surface area contributed by atoms with Gasteiger partial charge in [0, 0.05) is 11.3 Å². The van der Waals surface area contributed by atoms with Crippen LogP contribution in [-0.2, 0) is 5.54 Å². The lowest BCUT2D eigenvalue weighted by Gasteiger charge is -2.30. The fourth-order valence-electron chi connectivity index (χ4n) is 4.31. The van der Waals surface area contributed by atoms with E-state index in [0.29, 0.717) is 5.92 Å². The van der Waals surface area contributed by atoms with E-state index in [1.165, 1.54) is 11.1 Å². The van der Waals surface area contributed by atoms with Crippen LogP contribution in [0.3, 0.4) is 0 Å². The number of fused-ring (bicyclic) bond motifs is 1. The van der Waals surface area contributed by atoms with Crippen molar-refractivity contribution in [3.8, 4) is 0 Å². The van der Waals surface area contributed by atoms with E-state index < -0.39 is 0 Å². The molecule has 2 aromatic carbocycles. The number of nitrogens with zero attached hydrogens (tertiary/aromatic N) is 2. The Hall–Kier alpha value is -1.96. The highest BCUT2D eigenvalue weighted by Gasteiger charge is 2.80. The van der Waals surface area contributed by atoms with Crippen molar-refractivity contribution in [3.05, 3.63) is 71.8 Å². The van der Waals surface area contributed by atoms with Crippen molar-refractivity contribution in [2.75, 3.05) is 0 Å². The zero-order valence-electron chi connectivity index (χ0n) is 12.7. The molecule has 0 N–H and O–H groups in total. The molecule has 2 unspecified atom stereocenters. The molecule has 2 aliphatic rings. The van der Waals surface area contributed by atoms with Crippen molar-refractivity contribution in [1.82, 2.24) is 0 Å². The average Bonchev–Trinajstić information content (AvgIpc) is 2.82. The smallest absolute Gasteiger partial charge is 0.137 e. The Labute approximate surface area is 125 Å². The molecule has 1 aliphatic heterocycles. The van der Waals surface area contributed by atoms with E-state index in [1.807, 2.05) is 0 Å². The summed E-state index contributed by atoms with van der Waals surface area (Å²) in [6, 6.07) is 21.3. The Kier molecular flexibility index (Phi) is 2.32. The van der Waals surface area contributed by atoms with Gasteiger partial charge in [0.2, 0.25) is 0 Å². The normalized spacial score (nSPS) is 30.9. The molecule has 1 heterocycles. The fourth-order valence-corrected chi connectivity index (χ4v) is 4.31. The Balaban J connectivity index is 1.97. The van der Waals surface area contributed by atoms with Crippen LogP contribution in [0.1, 0.15) is 31.9 Å². The summed E-state index contributed by atoms with van der Waals surface area (Å²) in [7, 11) is 0. The molecule has 1 fully saturated rings. The van der Waals surface area contributed by atoms with Gasteiger partial charge in [-0.1, -0.05) is 74.5 Å². The topological polar surface area (TPSA) is 24.7 Å². The average molecular weight is 276 g/mol. The molecule has 1 saturated carbocycles. The summed E-state index contributed by atoms with van der Waals surface area (Å²) in [5, 5.41) is 9.56. The van der Waals surface area contributed by atoms with Crippen LogP contribution in [0.15, 0.2) is 70.9 Å². The zero-order chi connectivity index (χ0) is 14.7. The molecule has 4 rings (SSSR count). The van der Waals surface area contributed by atoms with Crippen LogP contribution in [0.4, 0.5) is 0 Å². The van der Waals surface area contributed by atoms with Crippen LogP contribution in [0.5, 0.6) is 0 Å². The van der Waals surface area contributed by atoms with Gasteiger partial charge < -0.3 is 0 Å². The molecular weight excluding hydrogens is 256 g/mol. The quantitative estimate of drug-likeness (QED) is 0.752. The lowest BCUT2D eigenvalue weighted by molar-refractivity contribution is 0.379. The van der Waals surface area contributed by atoms with Gasteiger partial charge in [-0.2, -0.15) is 10.2 Å². The molecule has 0 amide bonds. The zero-order valence-corrected chi connectivity index (χ0v) is 12.7. The molecule has 0 saturated heterocycles. The molecule has 2 aromatic rings. The Morgan fingerprint density at radius 2 is 1.19 bits per heavy atom. The third kappa shape index (κ3) is 1.38. The van der Waals surface area contributed by atoms with Gasteiger partial charge in [0.15, 0.2) is 0 Å². The standard InChI is InChI=1S/C19H20N2/c1-17(2)16-18(17,3)20-21-19(16,14-10-6-4-7-11-14)15-12-8-5-9-13-15/h4-13,16H,1-3H3. The number of hydrogen-bond acceptors (Lipinski definition) is 2. The fraction of sp³-hybridized carbons (Fsp3) is 0.368. The van der Waals surface area contributed by atoms with Gasteiger partial charge in [-0.25, -0.2) is 0 Å². The first-order valence-electron chi connectivity index (χ1n) is 7.58. The highest BCUT2D eigenvalue weighted by Crippen LogP contribution is 2.75. The van der Waals surface area contributed by atoms with Crippen molar-refractivity contribution in [3.63, 3.8) is 0 Å². The van der Waals surface area contributed by atoms with Gasteiger partial charge in [-0.05, 0) is 18.1 Å². The van der Waals surface area contributed by atoms with Gasteiger partial charge in [-0.15, -0.1) is 0 Å². The molecule has 1 aliphatic carbocycles. The van der Waals surface area contributed by atoms with Crippen molar-refractivity contribution in [1.29, 1.82) is 0 Å². The van der Waals surface area contributed by atoms with Crippen molar-refractivity contribution < 1.29 is 0 Å². The minimum atomic E-state index is -0.333. The maximum Gasteiger partial charge on any atom is 0.137 e. The van der Waals surface area contributed by atoms with Gasteiger partial charge in [0.1, 0.15) is 5.54 Å². The van der Waals surface area contributed by atoms with Crippen LogP contribution >= 0.6 is 0 Å². The van der Waals surface area contributed by atoms with E-state index in [4.69, 9.17) is 10.2 Å². The van der Waals surface area contributed by atoms with Crippen molar-refractivity contribution >= 4 is 0 Å². The summed E-state index contributed by atoms with van der Waals surface area (Å²) in [6.07, 6.45) is 0.